The molecule has 0 saturated carbocycles. The molecule has 0 aliphatic heterocycles. The first kappa shape index (κ1) is 31.9. The number of hydrogen-bond acceptors (Lipinski definition) is 2. The third kappa shape index (κ3) is 4.06. The van der Waals surface area contributed by atoms with Gasteiger partial charge in [0.25, 0.3) is 0 Å². The fourth-order valence-electron chi connectivity index (χ4n) is 10.7. The Hall–Kier alpha value is -7.20. The molecule has 0 fully saturated rings. The number of thiophene rings is 1. The van der Waals surface area contributed by atoms with Crippen LogP contribution in [0.25, 0.3) is 69.9 Å². The van der Waals surface area contributed by atoms with Crippen molar-refractivity contribution >= 4 is 70.4 Å². The molecule has 0 N–H and O–H groups in total. The lowest BCUT2D eigenvalue weighted by Gasteiger charge is -2.32. The standard InChI is InChI=1S/C55H34N2S/c1-2-17-35(18-3-1)56-45-28-12-7-22-39(45)53-47(56)30-15-31-48(53)57(49-32-16-34-51-54(49)40-23-8-13-33-50(40)58-51)46-29-14-27-44-52(46)38-21-6-11-26-43(38)55(44)41-24-9-4-19-36(41)37-20-5-10-25-42(37)55/h1-34H. The number of fused-ring (bicyclic) bond motifs is 16. The molecule has 0 saturated heterocycles. The van der Waals surface area contributed by atoms with Crippen molar-refractivity contribution in [1.29, 1.82) is 0 Å². The largest absolute Gasteiger partial charge is 0.309 e. The summed E-state index contributed by atoms with van der Waals surface area (Å²) in [5, 5.41) is 5.02. The Labute approximate surface area is 340 Å². The van der Waals surface area contributed by atoms with Gasteiger partial charge < -0.3 is 9.47 Å². The van der Waals surface area contributed by atoms with Gasteiger partial charge in [-0.05, 0) is 93.5 Å². The zero-order valence-electron chi connectivity index (χ0n) is 31.4. The Morgan fingerprint density at radius 1 is 0.362 bits per heavy atom. The van der Waals surface area contributed by atoms with Gasteiger partial charge in [-0.3, -0.25) is 0 Å². The molecule has 2 nitrogen and oxygen atoms in total. The summed E-state index contributed by atoms with van der Waals surface area (Å²) in [6.07, 6.45) is 0. The molecule has 3 heteroatoms. The minimum atomic E-state index is -0.447. The molecular formula is C55H34N2S. The number of aromatic nitrogens is 1. The first-order valence-corrected chi connectivity index (χ1v) is 20.8. The van der Waals surface area contributed by atoms with Crippen LogP contribution in [0.15, 0.2) is 206 Å². The fraction of sp³-hybridized carbons (Fsp3) is 0.0182. The highest BCUT2D eigenvalue weighted by Gasteiger charge is 2.52. The van der Waals surface area contributed by atoms with E-state index in [4.69, 9.17) is 0 Å². The van der Waals surface area contributed by atoms with E-state index in [1.807, 2.05) is 11.3 Å². The smallest absolute Gasteiger partial charge is 0.0726 e. The molecule has 0 atom stereocenters. The summed E-state index contributed by atoms with van der Waals surface area (Å²) in [6.45, 7) is 0. The zero-order chi connectivity index (χ0) is 38.0. The summed E-state index contributed by atoms with van der Waals surface area (Å²) in [6, 6.07) is 76.7. The van der Waals surface area contributed by atoms with Crippen LogP contribution in [0.3, 0.4) is 0 Å². The highest BCUT2D eigenvalue weighted by atomic mass is 32.1. The lowest BCUT2D eigenvalue weighted by Crippen LogP contribution is -2.26. The van der Waals surface area contributed by atoms with Crippen molar-refractivity contribution in [3.05, 3.63) is 229 Å². The van der Waals surface area contributed by atoms with Gasteiger partial charge in [0.1, 0.15) is 0 Å². The monoisotopic (exact) mass is 754 g/mol. The molecule has 11 aromatic rings. The maximum Gasteiger partial charge on any atom is 0.0726 e. The number of hydrogen-bond donors (Lipinski definition) is 0. The number of anilines is 3. The average Bonchev–Trinajstić information content (AvgIpc) is 4.01. The molecule has 1 spiro atoms. The van der Waals surface area contributed by atoms with Gasteiger partial charge in [-0.1, -0.05) is 152 Å². The van der Waals surface area contributed by atoms with Gasteiger partial charge in [0.05, 0.1) is 33.5 Å². The topological polar surface area (TPSA) is 8.17 Å². The lowest BCUT2D eigenvalue weighted by molar-refractivity contribution is 0.794. The molecule has 2 aromatic heterocycles. The van der Waals surface area contributed by atoms with E-state index in [1.54, 1.807) is 0 Å². The zero-order valence-corrected chi connectivity index (χ0v) is 32.2. The number of rotatable bonds is 4. The summed E-state index contributed by atoms with van der Waals surface area (Å²) in [4.78, 5) is 2.60. The van der Waals surface area contributed by atoms with E-state index < -0.39 is 5.41 Å². The van der Waals surface area contributed by atoms with Gasteiger partial charge in [-0.15, -0.1) is 11.3 Å². The first-order valence-electron chi connectivity index (χ1n) is 20.0. The van der Waals surface area contributed by atoms with Crippen LogP contribution in [0.4, 0.5) is 17.1 Å². The van der Waals surface area contributed by atoms with Crippen molar-refractivity contribution in [3.8, 4) is 27.9 Å². The summed E-state index contributed by atoms with van der Waals surface area (Å²) in [7, 11) is 0. The van der Waals surface area contributed by atoms with Crippen molar-refractivity contribution < 1.29 is 0 Å². The van der Waals surface area contributed by atoms with E-state index in [0.29, 0.717) is 0 Å². The number of nitrogens with zero attached hydrogens (tertiary/aromatic N) is 2. The van der Waals surface area contributed by atoms with Crippen LogP contribution in [-0.2, 0) is 5.41 Å². The molecule has 9 aromatic carbocycles. The Morgan fingerprint density at radius 3 is 1.66 bits per heavy atom. The van der Waals surface area contributed by atoms with Crippen LogP contribution in [-0.4, -0.2) is 4.57 Å². The molecule has 0 unspecified atom stereocenters. The van der Waals surface area contributed by atoms with Gasteiger partial charge in [0, 0.05) is 42.2 Å². The highest BCUT2D eigenvalue weighted by molar-refractivity contribution is 7.26. The maximum absolute atomic E-state index is 2.60. The second-order valence-corrected chi connectivity index (χ2v) is 16.6. The number of benzene rings is 9. The van der Waals surface area contributed by atoms with Crippen LogP contribution in [0.5, 0.6) is 0 Å². The van der Waals surface area contributed by atoms with Crippen LogP contribution >= 0.6 is 11.3 Å². The number of para-hydroxylation sites is 2. The predicted octanol–water partition coefficient (Wildman–Crippen LogP) is 15.0. The molecule has 2 heterocycles. The minimum Gasteiger partial charge on any atom is -0.309 e. The first-order chi connectivity index (χ1) is 28.8. The van der Waals surface area contributed by atoms with E-state index in [0.717, 1.165) is 11.4 Å². The van der Waals surface area contributed by atoms with Gasteiger partial charge >= 0.3 is 0 Å². The normalized spacial score (nSPS) is 13.3. The van der Waals surface area contributed by atoms with Crippen LogP contribution in [0, 0.1) is 0 Å². The Morgan fingerprint density at radius 2 is 0.879 bits per heavy atom. The quantitative estimate of drug-likeness (QED) is 0.174. The maximum atomic E-state index is 2.60. The van der Waals surface area contributed by atoms with Gasteiger partial charge in [-0.2, -0.15) is 0 Å². The molecule has 58 heavy (non-hydrogen) atoms. The molecule has 2 aliphatic carbocycles. The van der Waals surface area contributed by atoms with Crippen molar-refractivity contribution in [2.45, 2.75) is 5.41 Å². The molecule has 270 valence electrons. The van der Waals surface area contributed by atoms with Crippen LogP contribution in [0.1, 0.15) is 22.3 Å². The average molecular weight is 755 g/mol. The van der Waals surface area contributed by atoms with E-state index in [2.05, 4.69) is 216 Å². The van der Waals surface area contributed by atoms with E-state index >= 15 is 0 Å². The second kappa shape index (κ2) is 11.9. The Balaban J connectivity index is 1.20. The molecule has 0 amide bonds. The SMILES string of the molecule is c1ccc(-n2c3ccccc3c3c(N(c4cccc5c4-c4ccccc4C54c5ccccc5-c5ccccc54)c4cccc5sc6ccccc6c45)cccc32)cc1. The summed E-state index contributed by atoms with van der Waals surface area (Å²) in [5.41, 5.74) is 17.2. The third-order valence-corrected chi connectivity index (χ3v) is 13.9. The van der Waals surface area contributed by atoms with Crippen molar-refractivity contribution in [3.63, 3.8) is 0 Å². The van der Waals surface area contributed by atoms with Gasteiger partial charge in [0.2, 0.25) is 0 Å². The van der Waals surface area contributed by atoms with E-state index in [9.17, 15) is 0 Å². The molecule has 0 radical (unpaired) electrons. The minimum absolute atomic E-state index is 0.447. The van der Waals surface area contributed by atoms with Crippen molar-refractivity contribution in [1.82, 2.24) is 4.57 Å². The summed E-state index contributed by atoms with van der Waals surface area (Å²) >= 11 is 1.87. The molecule has 13 rings (SSSR count). The lowest BCUT2D eigenvalue weighted by atomic mass is 9.70. The third-order valence-electron chi connectivity index (χ3n) is 12.8. The molecule has 0 bridgehead atoms. The molecule has 2 aliphatic rings. The summed E-state index contributed by atoms with van der Waals surface area (Å²) in [5.74, 6) is 0. The second-order valence-electron chi connectivity index (χ2n) is 15.5. The van der Waals surface area contributed by atoms with Crippen LogP contribution in [0.2, 0.25) is 0 Å². The van der Waals surface area contributed by atoms with Crippen LogP contribution < -0.4 is 4.90 Å². The predicted molar refractivity (Wildman–Crippen MR) is 245 cm³/mol. The highest BCUT2D eigenvalue weighted by Crippen LogP contribution is 2.65. The Bertz CT molecular complexity index is 3430. The van der Waals surface area contributed by atoms with Crippen molar-refractivity contribution in [2.24, 2.45) is 0 Å². The van der Waals surface area contributed by atoms with Gasteiger partial charge in [-0.25, -0.2) is 0 Å². The molecular weight excluding hydrogens is 721 g/mol. The van der Waals surface area contributed by atoms with Crippen molar-refractivity contribution in [2.75, 3.05) is 4.90 Å². The summed E-state index contributed by atoms with van der Waals surface area (Å²) < 4.78 is 5.01. The van der Waals surface area contributed by atoms with Gasteiger partial charge in [0.15, 0.2) is 0 Å². The Kier molecular flexibility index (Phi) is 6.56. The van der Waals surface area contributed by atoms with E-state index in [1.165, 1.54) is 97.9 Å². The van der Waals surface area contributed by atoms with E-state index in [-0.39, 0.29) is 0 Å². The fourth-order valence-corrected chi connectivity index (χ4v) is 11.8.